The van der Waals surface area contributed by atoms with Crippen LogP contribution in [-0.2, 0) is 0 Å². The Morgan fingerprint density at radius 2 is 2.12 bits per heavy atom. The van der Waals surface area contributed by atoms with Gasteiger partial charge in [0.15, 0.2) is 5.82 Å². The Bertz CT molecular complexity index is 387. The van der Waals surface area contributed by atoms with Crippen LogP contribution in [0.25, 0.3) is 0 Å². The van der Waals surface area contributed by atoms with Crippen LogP contribution in [0.4, 0.5) is 5.82 Å². The molecule has 0 bridgehead atoms. The first-order chi connectivity index (χ1) is 7.68. The molecule has 88 valence electrons. The lowest BCUT2D eigenvalue weighted by Crippen LogP contribution is -2.35. The van der Waals surface area contributed by atoms with Crippen LogP contribution in [0.15, 0.2) is 4.47 Å². The van der Waals surface area contributed by atoms with E-state index >= 15 is 0 Å². The number of aromatic nitrogens is 1. The van der Waals surface area contributed by atoms with Crippen molar-refractivity contribution in [3.8, 4) is 0 Å². The minimum Gasteiger partial charge on any atom is -0.382 e. The molecular weight excluding hydrogens is 290 g/mol. The van der Waals surface area contributed by atoms with Crippen molar-refractivity contribution in [2.45, 2.75) is 38.1 Å². The van der Waals surface area contributed by atoms with E-state index in [1.54, 1.807) is 0 Å². The summed E-state index contributed by atoms with van der Waals surface area (Å²) in [6.07, 6.45) is 5.85. The standard InChI is InChI=1S/C10H14BrN3OS/c11-7-8(16-14-9(7)12)10(15)13-6-4-2-1-3-5-6/h6H,1-5H2,(H2,12,14)(H,13,15). The normalized spacial score (nSPS) is 17.3. The fourth-order valence-electron chi connectivity index (χ4n) is 1.93. The lowest BCUT2D eigenvalue weighted by Gasteiger charge is -2.22. The van der Waals surface area contributed by atoms with E-state index in [0.29, 0.717) is 21.2 Å². The number of anilines is 1. The van der Waals surface area contributed by atoms with Gasteiger partial charge in [-0.1, -0.05) is 19.3 Å². The Balaban J connectivity index is 1.99. The molecule has 1 amide bonds. The number of carbonyl (C=O) groups is 1. The lowest BCUT2D eigenvalue weighted by molar-refractivity contribution is 0.0931. The van der Waals surface area contributed by atoms with Crippen LogP contribution >= 0.6 is 27.5 Å². The molecule has 1 aliphatic carbocycles. The van der Waals surface area contributed by atoms with Crippen molar-refractivity contribution < 1.29 is 4.79 Å². The molecule has 1 aliphatic rings. The molecule has 4 nitrogen and oxygen atoms in total. The first-order valence-corrected chi connectivity index (χ1v) is 6.96. The first kappa shape index (κ1) is 11.9. The second-order valence-corrected chi connectivity index (χ2v) is 5.59. The maximum atomic E-state index is 11.9. The summed E-state index contributed by atoms with van der Waals surface area (Å²) >= 11 is 4.42. The van der Waals surface area contributed by atoms with E-state index in [2.05, 4.69) is 25.6 Å². The number of nitrogens with zero attached hydrogens (tertiary/aromatic N) is 1. The number of nitrogens with one attached hydrogen (secondary N) is 1. The minimum atomic E-state index is -0.0621. The summed E-state index contributed by atoms with van der Waals surface area (Å²) in [6.45, 7) is 0. The second-order valence-electron chi connectivity index (χ2n) is 4.02. The summed E-state index contributed by atoms with van der Waals surface area (Å²) in [5.41, 5.74) is 5.58. The van der Waals surface area contributed by atoms with Crippen molar-refractivity contribution in [3.63, 3.8) is 0 Å². The molecule has 6 heteroatoms. The van der Waals surface area contributed by atoms with Crippen molar-refractivity contribution in [2.24, 2.45) is 0 Å². The molecule has 2 rings (SSSR count). The number of nitrogen functional groups attached to an aromatic ring is 1. The van der Waals surface area contributed by atoms with Crippen molar-refractivity contribution in [3.05, 3.63) is 9.35 Å². The molecular formula is C10H14BrN3OS. The topological polar surface area (TPSA) is 68.0 Å². The van der Waals surface area contributed by atoms with E-state index in [1.807, 2.05) is 0 Å². The lowest BCUT2D eigenvalue weighted by atomic mass is 9.95. The highest BCUT2D eigenvalue weighted by Crippen LogP contribution is 2.27. The van der Waals surface area contributed by atoms with Gasteiger partial charge in [-0.3, -0.25) is 4.79 Å². The van der Waals surface area contributed by atoms with E-state index in [0.717, 1.165) is 24.4 Å². The highest BCUT2D eigenvalue weighted by Gasteiger charge is 2.20. The second kappa shape index (κ2) is 5.14. The fraction of sp³-hybridized carbons (Fsp3) is 0.600. The number of hydrogen-bond donors (Lipinski definition) is 2. The molecule has 1 fully saturated rings. The van der Waals surface area contributed by atoms with Gasteiger partial charge in [-0.15, -0.1) is 0 Å². The summed E-state index contributed by atoms with van der Waals surface area (Å²) in [5.74, 6) is 0.326. The third-order valence-corrected chi connectivity index (χ3v) is 4.73. The highest BCUT2D eigenvalue weighted by atomic mass is 79.9. The summed E-state index contributed by atoms with van der Waals surface area (Å²) in [7, 11) is 0. The SMILES string of the molecule is Nc1nsc(C(=O)NC2CCCCC2)c1Br. The zero-order valence-electron chi connectivity index (χ0n) is 8.83. The largest absolute Gasteiger partial charge is 0.382 e. The monoisotopic (exact) mass is 303 g/mol. The van der Waals surface area contributed by atoms with Gasteiger partial charge in [-0.25, -0.2) is 0 Å². The van der Waals surface area contributed by atoms with E-state index in [-0.39, 0.29) is 5.91 Å². The van der Waals surface area contributed by atoms with Crippen molar-refractivity contribution in [2.75, 3.05) is 5.73 Å². The number of carbonyl (C=O) groups excluding carboxylic acids is 1. The average Bonchev–Trinajstić information content (AvgIpc) is 2.61. The zero-order chi connectivity index (χ0) is 11.5. The van der Waals surface area contributed by atoms with Gasteiger partial charge >= 0.3 is 0 Å². The van der Waals surface area contributed by atoms with E-state index in [4.69, 9.17) is 5.73 Å². The Hall–Kier alpha value is -0.620. The predicted octanol–water partition coefficient (Wildman–Crippen LogP) is 2.55. The van der Waals surface area contributed by atoms with Crippen molar-refractivity contribution in [1.29, 1.82) is 0 Å². The van der Waals surface area contributed by atoms with Crippen LogP contribution in [0, 0.1) is 0 Å². The molecule has 1 aromatic heterocycles. The fourth-order valence-corrected chi connectivity index (χ4v) is 3.14. The molecule has 1 saturated carbocycles. The summed E-state index contributed by atoms with van der Waals surface area (Å²) in [4.78, 5) is 12.5. The minimum absolute atomic E-state index is 0.0621. The van der Waals surface area contributed by atoms with Gasteiger partial charge in [0.1, 0.15) is 4.88 Å². The Morgan fingerprint density at radius 1 is 1.44 bits per heavy atom. The first-order valence-electron chi connectivity index (χ1n) is 5.40. The molecule has 1 aromatic rings. The van der Waals surface area contributed by atoms with Crippen LogP contribution in [-0.4, -0.2) is 16.3 Å². The molecule has 16 heavy (non-hydrogen) atoms. The molecule has 0 radical (unpaired) electrons. The smallest absolute Gasteiger partial charge is 0.264 e. The summed E-state index contributed by atoms with van der Waals surface area (Å²) < 4.78 is 4.56. The molecule has 1 heterocycles. The van der Waals surface area contributed by atoms with Crippen LogP contribution in [0.5, 0.6) is 0 Å². The van der Waals surface area contributed by atoms with Gasteiger partial charge in [0.05, 0.1) is 4.47 Å². The average molecular weight is 304 g/mol. The van der Waals surface area contributed by atoms with Crippen LogP contribution in [0.1, 0.15) is 41.8 Å². The van der Waals surface area contributed by atoms with Gasteiger partial charge in [0, 0.05) is 6.04 Å². The number of nitrogens with two attached hydrogens (primary N) is 1. The molecule has 0 aromatic carbocycles. The third kappa shape index (κ3) is 2.55. The van der Waals surface area contributed by atoms with Crippen LogP contribution in [0.2, 0.25) is 0 Å². The van der Waals surface area contributed by atoms with Crippen LogP contribution < -0.4 is 11.1 Å². The summed E-state index contributed by atoms with van der Waals surface area (Å²) in [5, 5.41) is 3.04. The quantitative estimate of drug-likeness (QED) is 0.882. The van der Waals surface area contributed by atoms with Crippen molar-refractivity contribution >= 4 is 39.2 Å². The Morgan fingerprint density at radius 3 is 2.69 bits per heavy atom. The number of halogens is 1. The van der Waals surface area contributed by atoms with Gasteiger partial charge in [0.2, 0.25) is 0 Å². The Labute approximate surface area is 107 Å². The molecule has 3 N–H and O–H groups in total. The van der Waals surface area contributed by atoms with Gasteiger partial charge < -0.3 is 11.1 Å². The Kier molecular flexibility index (Phi) is 3.81. The summed E-state index contributed by atoms with van der Waals surface area (Å²) in [6, 6.07) is 0.316. The maximum absolute atomic E-state index is 11.9. The number of rotatable bonds is 2. The molecule has 0 unspecified atom stereocenters. The zero-order valence-corrected chi connectivity index (χ0v) is 11.2. The van der Waals surface area contributed by atoms with E-state index in [9.17, 15) is 4.79 Å². The third-order valence-electron chi connectivity index (χ3n) is 2.81. The van der Waals surface area contributed by atoms with E-state index in [1.165, 1.54) is 19.3 Å². The number of hydrogen-bond acceptors (Lipinski definition) is 4. The van der Waals surface area contributed by atoms with Crippen LogP contribution in [0.3, 0.4) is 0 Å². The highest BCUT2D eigenvalue weighted by molar-refractivity contribution is 9.10. The molecule has 0 aliphatic heterocycles. The van der Waals surface area contributed by atoms with E-state index < -0.39 is 0 Å². The van der Waals surface area contributed by atoms with Crippen molar-refractivity contribution in [1.82, 2.24) is 9.69 Å². The van der Waals surface area contributed by atoms with Gasteiger partial charge in [0.25, 0.3) is 5.91 Å². The molecule has 0 saturated heterocycles. The molecule has 0 spiro atoms. The maximum Gasteiger partial charge on any atom is 0.264 e. The predicted molar refractivity (Wildman–Crippen MR) is 68.6 cm³/mol. The molecule has 0 atom stereocenters. The van der Waals surface area contributed by atoms with Gasteiger partial charge in [-0.2, -0.15) is 4.37 Å². The number of amides is 1. The van der Waals surface area contributed by atoms with Gasteiger partial charge in [-0.05, 0) is 40.3 Å².